The number of carbonyl (C=O) groups excluding carboxylic acids is 1. The third kappa shape index (κ3) is 6.51. The van der Waals surface area contributed by atoms with Crippen molar-refractivity contribution in [2.75, 3.05) is 6.61 Å². The van der Waals surface area contributed by atoms with Gasteiger partial charge >= 0.3 is 5.97 Å². The summed E-state index contributed by atoms with van der Waals surface area (Å²) >= 11 is 1.54. The first-order valence-electron chi connectivity index (χ1n) is 8.00. The molecule has 134 valence electrons. The largest absolute Gasteiger partial charge is 0.478 e. The van der Waals surface area contributed by atoms with Crippen LogP contribution in [-0.2, 0) is 9.53 Å². The van der Waals surface area contributed by atoms with Gasteiger partial charge in [0.05, 0.1) is 6.61 Å². The standard InChI is InChI=1S/C18H28N2O3S/c1-9-22-14-13(4)10-19-16(20-14)24-18(7,8)11-17(5,6)23-15(21)12(2)3/h10H,2,9,11H2,1,3-8H3. The monoisotopic (exact) mass is 352 g/mol. The lowest BCUT2D eigenvalue weighted by atomic mass is 9.95. The maximum atomic E-state index is 11.8. The van der Waals surface area contributed by atoms with Crippen LogP contribution in [0.5, 0.6) is 5.88 Å². The smallest absolute Gasteiger partial charge is 0.333 e. The molecule has 0 fully saturated rings. The minimum Gasteiger partial charge on any atom is -0.478 e. The number of nitrogens with zero attached hydrogens (tertiary/aromatic N) is 2. The molecule has 0 amide bonds. The molecule has 6 heteroatoms. The molecule has 0 spiro atoms. The van der Waals surface area contributed by atoms with Crippen LogP contribution in [0.4, 0.5) is 0 Å². The Morgan fingerprint density at radius 3 is 2.50 bits per heavy atom. The highest BCUT2D eigenvalue weighted by molar-refractivity contribution is 8.00. The van der Waals surface area contributed by atoms with Gasteiger partial charge in [-0.05, 0) is 34.6 Å². The lowest BCUT2D eigenvalue weighted by Crippen LogP contribution is -2.35. The SMILES string of the molecule is C=C(C)C(=O)OC(C)(C)CC(C)(C)Sc1ncc(C)c(OCC)n1. The van der Waals surface area contributed by atoms with Gasteiger partial charge in [0.15, 0.2) is 5.16 Å². The summed E-state index contributed by atoms with van der Waals surface area (Å²) in [5.74, 6) is 0.241. The number of rotatable bonds is 8. The van der Waals surface area contributed by atoms with Crippen LogP contribution in [0.15, 0.2) is 23.5 Å². The number of esters is 1. The van der Waals surface area contributed by atoms with Gasteiger partial charge in [0, 0.05) is 28.5 Å². The Hall–Kier alpha value is -1.56. The molecule has 0 atom stereocenters. The van der Waals surface area contributed by atoms with Crippen LogP contribution in [0, 0.1) is 6.92 Å². The molecule has 0 aliphatic rings. The quantitative estimate of drug-likeness (QED) is 0.300. The van der Waals surface area contributed by atoms with E-state index in [4.69, 9.17) is 9.47 Å². The topological polar surface area (TPSA) is 61.3 Å². The fraction of sp³-hybridized carbons (Fsp3) is 0.611. The van der Waals surface area contributed by atoms with Crippen LogP contribution in [0.3, 0.4) is 0 Å². The Morgan fingerprint density at radius 2 is 1.96 bits per heavy atom. The third-order valence-corrected chi connectivity index (χ3v) is 4.20. The summed E-state index contributed by atoms with van der Waals surface area (Å²) in [5, 5.41) is 0.649. The molecule has 0 aliphatic carbocycles. The first kappa shape index (κ1) is 20.5. The second-order valence-corrected chi connectivity index (χ2v) is 8.72. The Bertz CT molecular complexity index is 612. The molecule has 0 unspecified atom stereocenters. The van der Waals surface area contributed by atoms with E-state index in [9.17, 15) is 4.79 Å². The molecule has 24 heavy (non-hydrogen) atoms. The van der Waals surface area contributed by atoms with E-state index >= 15 is 0 Å². The third-order valence-electron chi connectivity index (χ3n) is 3.12. The zero-order chi connectivity index (χ0) is 18.5. The van der Waals surface area contributed by atoms with Gasteiger partial charge in [0.1, 0.15) is 5.60 Å². The van der Waals surface area contributed by atoms with E-state index in [1.54, 1.807) is 24.9 Å². The Balaban J connectivity index is 2.83. The van der Waals surface area contributed by atoms with Crippen molar-refractivity contribution < 1.29 is 14.3 Å². The lowest BCUT2D eigenvalue weighted by Gasteiger charge is -2.33. The van der Waals surface area contributed by atoms with Crippen LogP contribution in [0.2, 0.25) is 0 Å². The Kier molecular flexibility index (Phi) is 6.84. The normalized spacial score (nSPS) is 12.0. The van der Waals surface area contributed by atoms with Gasteiger partial charge in [-0.3, -0.25) is 0 Å². The molecule has 1 rings (SSSR count). The van der Waals surface area contributed by atoms with Gasteiger partial charge < -0.3 is 9.47 Å². The first-order valence-corrected chi connectivity index (χ1v) is 8.82. The average Bonchev–Trinajstić information content (AvgIpc) is 2.40. The second-order valence-electron chi connectivity index (χ2n) is 7.04. The van der Waals surface area contributed by atoms with Crippen molar-refractivity contribution in [3.8, 4) is 5.88 Å². The average molecular weight is 353 g/mol. The van der Waals surface area contributed by atoms with Crippen LogP contribution in [0.25, 0.3) is 0 Å². The highest BCUT2D eigenvalue weighted by Crippen LogP contribution is 2.38. The maximum absolute atomic E-state index is 11.8. The fourth-order valence-corrected chi connectivity index (χ4v) is 3.57. The Labute approximate surface area is 149 Å². The predicted molar refractivity (Wildman–Crippen MR) is 97.5 cm³/mol. The first-order chi connectivity index (χ1) is 11.0. The number of thioether (sulfide) groups is 1. The molecule has 1 aromatic rings. The van der Waals surface area contributed by atoms with Gasteiger partial charge in [0.25, 0.3) is 0 Å². The van der Waals surface area contributed by atoms with Gasteiger partial charge in [-0.15, -0.1) is 0 Å². The molecule has 1 aromatic heterocycles. The van der Waals surface area contributed by atoms with Crippen molar-refractivity contribution in [3.05, 3.63) is 23.9 Å². The molecule has 0 aliphatic heterocycles. The van der Waals surface area contributed by atoms with E-state index in [2.05, 4.69) is 30.4 Å². The number of carbonyl (C=O) groups is 1. The van der Waals surface area contributed by atoms with Gasteiger partial charge in [-0.1, -0.05) is 32.2 Å². The summed E-state index contributed by atoms with van der Waals surface area (Å²) in [7, 11) is 0. The number of hydrogen-bond donors (Lipinski definition) is 0. The predicted octanol–water partition coefficient (Wildman–Crippen LogP) is 4.34. The van der Waals surface area contributed by atoms with E-state index in [0.29, 0.717) is 29.6 Å². The number of aryl methyl sites for hydroxylation is 1. The van der Waals surface area contributed by atoms with Crippen molar-refractivity contribution >= 4 is 17.7 Å². The van der Waals surface area contributed by atoms with Crippen LogP contribution in [0.1, 0.15) is 53.5 Å². The zero-order valence-electron chi connectivity index (χ0n) is 15.7. The molecule has 0 bridgehead atoms. The summed E-state index contributed by atoms with van der Waals surface area (Å²) in [6.07, 6.45) is 2.41. The Morgan fingerprint density at radius 1 is 1.33 bits per heavy atom. The van der Waals surface area contributed by atoms with Crippen molar-refractivity contribution in [1.29, 1.82) is 0 Å². The van der Waals surface area contributed by atoms with E-state index in [1.165, 1.54) is 0 Å². The minimum atomic E-state index is -0.611. The molecular weight excluding hydrogens is 324 g/mol. The highest BCUT2D eigenvalue weighted by atomic mass is 32.2. The fourth-order valence-electron chi connectivity index (χ4n) is 2.43. The highest BCUT2D eigenvalue weighted by Gasteiger charge is 2.33. The van der Waals surface area contributed by atoms with Crippen LogP contribution in [-0.4, -0.2) is 32.9 Å². The molecule has 5 nitrogen and oxygen atoms in total. The van der Waals surface area contributed by atoms with E-state index in [1.807, 2.05) is 27.7 Å². The number of aromatic nitrogens is 2. The zero-order valence-corrected chi connectivity index (χ0v) is 16.5. The molecule has 0 radical (unpaired) electrons. The van der Waals surface area contributed by atoms with Crippen molar-refractivity contribution in [2.45, 2.75) is 70.4 Å². The summed E-state index contributed by atoms with van der Waals surface area (Å²) < 4.78 is 10.8. The van der Waals surface area contributed by atoms with Crippen molar-refractivity contribution in [1.82, 2.24) is 9.97 Å². The maximum Gasteiger partial charge on any atom is 0.333 e. The number of ether oxygens (including phenoxy) is 2. The van der Waals surface area contributed by atoms with Crippen molar-refractivity contribution in [2.24, 2.45) is 0 Å². The molecular formula is C18H28N2O3S. The van der Waals surface area contributed by atoms with E-state index in [-0.39, 0.29) is 10.7 Å². The molecule has 0 saturated heterocycles. The summed E-state index contributed by atoms with van der Waals surface area (Å²) in [5.41, 5.74) is 0.700. The number of hydrogen-bond acceptors (Lipinski definition) is 6. The van der Waals surface area contributed by atoms with Crippen LogP contribution < -0.4 is 4.74 Å². The van der Waals surface area contributed by atoms with Crippen molar-refractivity contribution in [3.63, 3.8) is 0 Å². The summed E-state index contributed by atoms with van der Waals surface area (Å²) in [4.78, 5) is 20.6. The molecule has 0 aromatic carbocycles. The summed E-state index contributed by atoms with van der Waals surface area (Å²) in [6, 6.07) is 0. The lowest BCUT2D eigenvalue weighted by molar-refractivity contribution is -0.152. The molecule has 1 heterocycles. The van der Waals surface area contributed by atoms with Gasteiger partial charge in [-0.25, -0.2) is 9.78 Å². The summed E-state index contributed by atoms with van der Waals surface area (Å²) in [6.45, 7) is 17.6. The van der Waals surface area contributed by atoms with E-state index < -0.39 is 5.60 Å². The van der Waals surface area contributed by atoms with E-state index in [0.717, 1.165) is 5.56 Å². The minimum absolute atomic E-state index is 0.225. The van der Waals surface area contributed by atoms with Gasteiger partial charge in [-0.2, -0.15) is 4.98 Å². The molecule has 0 N–H and O–H groups in total. The molecule has 0 saturated carbocycles. The second kappa shape index (κ2) is 8.01. The van der Waals surface area contributed by atoms with Crippen LogP contribution >= 0.6 is 11.8 Å². The van der Waals surface area contributed by atoms with Gasteiger partial charge in [0.2, 0.25) is 5.88 Å².